The second kappa shape index (κ2) is 4.61. The molecule has 0 aromatic heterocycles. The van der Waals surface area contributed by atoms with Crippen molar-refractivity contribution in [1.82, 2.24) is 4.90 Å². The fourth-order valence-electron chi connectivity index (χ4n) is 2.79. The van der Waals surface area contributed by atoms with Crippen molar-refractivity contribution in [2.75, 3.05) is 19.7 Å². The quantitative estimate of drug-likeness (QED) is 0.836. The molecule has 2 atom stereocenters. The van der Waals surface area contributed by atoms with E-state index in [2.05, 4.69) is 0 Å². The van der Waals surface area contributed by atoms with E-state index in [1.165, 1.54) is 6.92 Å². The summed E-state index contributed by atoms with van der Waals surface area (Å²) in [6.07, 6.45) is -4.40. The lowest BCUT2D eigenvalue weighted by atomic mass is 9.86. The molecule has 2 fully saturated rings. The van der Waals surface area contributed by atoms with Gasteiger partial charge in [-0.15, -0.1) is 0 Å². The third-order valence-corrected chi connectivity index (χ3v) is 4.18. The molecular formula is C12H16F3NO4. The van der Waals surface area contributed by atoms with Crippen LogP contribution < -0.4 is 0 Å². The minimum absolute atomic E-state index is 0.219. The summed E-state index contributed by atoms with van der Waals surface area (Å²) in [4.78, 5) is 24.3. The predicted octanol–water partition coefficient (Wildman–Crippen LogP) is 1.42. The van der Waals surface area contributed by atoms with Gasteiger partial charge in [-0.3, -0.25) is 9.59 Å². The lowest BCUT2D eigenvalue weighted by Gasteiger charge is -2.30. The van der Waals surface area contributed by atoms with Crippen molar-refractivity contribution < 1.29 is 32.6 Å². The van der Waals surface area contributed by atoms with Gasteiger partial charge in [0.25, 0.3) is 5.91 Å². The Morgan fingerprint density at radius 3 is 2.35 bits per heavy atom. The standard InChI is InChI=1S/C12H16F3NO4/c1-10(3-2-6-20-10)8(17)16-5-4-11(7-16,9(18)19)12(13,14)15/h2-7H2,1H3,(H,18,19). The molecule has 114 valence electrons. The van der Waals surface area contributed by atoms with E-state index in [4.69, 9.17) is 9.84 Å². The molecule has 0 saturated carbocycles. The van der Waals surface area contributed by atoms with Gasteiger partial charge in [0, 0.05) is 19.7 Å². The van der Waals surface area contributed by atoms with Crippen molar-refractivity contribution in [2.24, 2.45) is 5.41 Å². The molecule has 1 N–H and O–H groups in total. The van der Waals surface area contributed by atoms with Gasteiger partial charge >= 0.3 is 12.1 Å². The molecule has 2 aliphatic heterocycles. The highest BCUT2D eigenvalue weighted by Crippen LogP contribution is 2.46. The number of ether oxygens (including phenoxy) is 1. The van der Waals surface area contributed by atoms with Crippen molar-refractivity contribution in [3.05, 3.63) is 0 Å². The number of alkyl halides is 3. The Balaban J connectivity index is 2.19. The van der Waals surface area contributed by atoms with Gasteiger partial charge in [-0.25, -0.2) is 0 Å². The number of carboxylic acid groups (broad SMARTS) is 1. The van der Waals surface area contributed by atoms with Gasteiger partial charge in [-0.2, -0.15) is 13.2 Å². The third kappa shape index (κ3) is 2.15. The first kappa shape index (κ1) is 15.1. The van der Waals surface area contributed by atoms with Gasteiger partial charge in [0.15, 0.2) is 5.41 Å². The predicted molar refractivity (Wildman–Crippen MR) is 60.9 cm³/mol. The van der Waals surface area contributed by atoms with Crippen LogP contribution in [0.2, 0.25) is 0 Å². The molecule has 0 aromatic carbocycles. The largest absolute Gasteiger partial charge is 0.481 e. The van der Waals surface area contributed by atoms with Crippen LogP contribution in [0.4, 0.5) is 13.2 Å². The highest BCUT2D eigenvalue weighted by molar-refractivity contribution is 5.87. The van der Waals surface area contributed by atoms with Crippen molar-refractivity contribution in [2.45, 2.75) is 38.0 Å². The molecule has 2 rings (SSSR count). The Morgan fingerprint density at radius 2 is 1.95 bits per heavy atom. The Hall–Kier alpha value is -1.31. The fraction of sp³-hybridized carbons (Fsp3) is 0.833. The summed E-state index contributed by atoms with van der Waals surface area (Å²) in [5.74, 6) is -2.49. The molecule has 0 spiro atoms. The number of hydrogen-bond acceptors (Lipinski definition) is 3. The molecule has 2 heterocycles. The number of hydrogen-bond donors (Lipinski definition) is 1. The molecule has 0 aromatic rings. The van der Waals surface area contributed by atoms with Crippen molar-refractivity contribution in [3.63, 3.8) is 0 Å². The summed E-state index contributed by atoms with van der Waals surface area (Å²) in [5, 5.41) is 8.94. The van der Waals surface area contributed by atoms with Gasteiger partial charge in [0.05, 0.1) is 0 Å². The molecular weight excluding hydrogens is 279 g/mol. The van der Waals surface area contributed by atoms with E-state index >= 15 is 0 Å². The SMILES string of the molecule is CC1(C(=O)N2CCC(C(=O)O)(C(F)(F)F)C2)CCCO1. The summed E-state index contributed by atoms with van der Waals surface area (Å²) in [6, 6.07) is 0. The van der Waals surface area contributed by atoms with Crippen LogP contribution in [-0.4, -0.2) is 53.4 Å². The second-order valence-electron chi connectivity index (χ2n) is 5.54. The van der Waals surface area contributed by atoms with Crippen molar-refractivity contribution in [3.8, 4) is 0 Å². The number of amides is 1. The molecule has 8 heteroatoms. The number of rotatable bonds is 2. The number of nitrogens with zero attached hydrogens (tertiary/aromatic N) is 1. The Labute approximate surface area is 113 Å². The van der Waals surface area contributed by atoms with Crippen LogP contribution in [0.5, 0.6) is 0 Å². The number of likely N-dealkylation sites (tertiary alicyclic amines) is 1. The maximum Gasteiger partial charge on any atom is 0.406 e. The lowest BCUT2D eigenvalue weighted by Crippen LogP contribution is -2.51. The number of aliphatic carboxylic acids is 1. The molecule has 20 heavy (non-hydrogen) atoms. The molecule has 2 unspecified atom stereocenters. The molecule has 2 aliphatic rings. The van der Waals surface area contributed by atoms with Crippen LogP contribution in [0.1, 0.15) is 26.2 Å². The zero-order valence-corrected chi connectivity index (χ0v) is 11.0. The number of carbonyl (C=O) groups excluding carboxylic acids is 1. The monoisotopic (exact) mass is 295 g/mol. The first-order valence-electron chi connectivity index (χ1n) is 6.36. The third-order valence-electron chi connectivity index (χ3n) is 4.18. The van der Waals surface area contributed by atoms with Crippen LogP contribution in [0.15, 0.2) is 0 Å². The first-order chi connectivity index (χ1) is 9.12. The zero-order chi connectivity index (χ0) is 15.2. The molecule has 0 radical (unpaired) electrons. The number of carboxylic acids is 1. The van der Waals surface area contributed by atoms with Gasteiger partial charge in [0.2, 0.25) is 0 Å². The summed E-state index contributed by atoms with van der Waals surface area (Å²) < 4.78 is 44.4. The summed E-state index contributed by atoms with van der Waals surface area (Å²) in [7, 11) is 0. The average molecular weight is 295 g/mol. The minimum Gasteiger partial charge on any atom is -0.481 e. The average Bonchev–Trinajstić information content (AvgIpc) is 2.94. The van der Waals surface area contributed by atoms with Gasteiger partial charge < -0.3 is 14.7 Å². The summed E-state index contributed by atoms with van der Waals surface area (Å²) in [6.45, 7) is 0.864. The summed E-state index contributed by atoms with van der Waals surface area (Å²) >= 11 is 0. The summed E-state index contributed by atoms with van der Waals surface area (Å²) in [5.41, 5.74) is -3.99. The Morgan fingerprint density at radius 1 is 1.30 bits per heavy atom. The molecule has 5 nitrogen and oxygen atoms in total. The maximum absolute atomic E-state index is 13.0. The van der Waals surface area contributed by atoms with E-state index in [0.717, 1.165) is 4.90 Å². The van der Waals surface area contributed by atoms with Crippen LogP contribution in [0, 0.1) is 5.41 Å². The normalized spacial score (nSPS) is 34.5. The second-order valence-corrected chi connectivity index (χ2v) is 5.54. The fourth-order valence-corrected chi connectivity index (χ4v) is 2.79. The van der Waals surface area contributed by atoms with Crippen LogP contribution in [0.25, 0.3) is 0 Å². The highest BCUT2D eigenvalue weighted by atomic mass is 19.4. The topological polar surface area (TPSA) is 66.8 Å². The van der Waals surface area contributed by atoms with E-state index < -0.39 is 42.0 Å². The van der Waals surface area contributed by atoms with E-state index in [-0.39, 0.29) is 6.54 Å². The Bertz CT molecular complexity index is 431. The van der Waals surface area contributed by atoms with Crippen LogP contribution in [0.3, 0.4) is 0 Å². The van der Waals surface area contributed by atoms with Crippen molar-refractivity contribution in [1.29, 1.82) is 0 Å². The van der Waals surface area contributed by atoms with E-state index in [1.807, 2.05) is 0 Å². The molecule has 2 saturated heterocycles. The zero-order valence-electron chi connectivity index (χ0n) is 11.0. The van der Waals surface area contributed by atoms with E-state index in [1.54, 1.807) is 0 Å². The molecule has 1 amide bonds. The Kier molecular flexibility index (Phi) is 3.48. The van der Waals surface area contributed by atoms with E-state index in [9.17, 15) is 22.8 Å². The lowest BCUT2D eigenvalue weighted by molar-refractivity contribution is -0.227. The van der Waals surface area contributed by atoms with Crippen LogP contribution >= 0.6 is 0 Å². The number of halogens is 3. The number of carbonyl (C=O) groups is 2. The van der Waals surface area contributed by atoms with Gasteiger partial charge in [0.1, 0.15) is 5.60 Å². The smallest absolute Gasteiger partial charge is 0.406 e. The molecule has 0 aliphatic carbocycles. The van der Waals surface area contributed by atoms with Gasteiger partial charge in [-0.1, -0.05) is 0 Å². The van der Waals surface area contributed by atoms with Gasteiger partial charge in [-0.05, 0) is 26.2 Å². The first-order valence-corrected chi connectivity index (χ1v) is 6.36. The minimum atomic E-state index is -4.88. The van der Waals surface area contributed by atoms with Crippen molar-refractivity contribution >= 4 is 11.9 Å². The highest BCUT2D eigenvalue weighted by Gasteiger charge is 2.65. The maximum atomic E-state index is 13.0. The molecule has 0 bridgehead atoms. The van der Waals surface area contributed by atoms with E-state index in [0.29, 0.717) is 19.4 Å². The van der Waals surface area contributed by atoms with Crippen LogP contribution in [-0.2, 0) is 14.3 Å².